The largest absolute Gasteiger partial charge is 2.00 e. The molecule has 0 aliphatic rings. The molecule has 0 aliphatic carbocycles. The Kier molecular flexibility index (Phi) is 21.6. The first-order chi connectivity index (χ1) is 9.44. The SMILES string of the molecule is CCCCC(CC)C(=O)[O-].CCCCC(CC)C(=O)[O-].[Ta+2]. The summed E-state index contributed by atoms with van der Waals surface area (Å²) in [6, 6.07) is 0. The molecule has 4 nitrogen and oxygen atoms in total. The zero-order valence-electron chi connectivity index (χ0n) is 13.9. The van der Waals surface area contributed by atoms with Crippen molar-refractivity contribution in [3.05, 3.63) is 0 Å². The monoisotopic (exact) mass is 467 g/mol. The van der Waals surface area contributed by atoms with Crippen molar-refractivity contribution in [2.24, 2.45) is 11.8 Å². The van der Waals surface area contributed by atoms with Gasteiger partial charge in [0.1, 0.15) is 0 Å². The van der Waals surface area contributed by atoms with Crippen LogP contribution in [0.3, 0.4) is 0 Å². The number of aliphatic carboxylic acids is 2. The van der Waals surface area contributed by atoms with Crippen molar-refractivity contribution >= 4 is 11.9 Å². The summed E-state index contributed by atoms with van der Waals surface area (Å²) in [7, 11) is 0. The van der Waals surface area contributed by atoms with Crippen LogP contribution < -0.4 is 10.2 Å². The van der Waals surface area contributed by atoms with Crippen LogP contribution in [-0.2, 0) is 32.0 Å². The predicted molar refractivity (Wildman–Crippen MR) is 76.6 cm³/mol. The summed E-state index contributed by atoms with van der Waals surface area (Å²) in [6.45, 7) is 7.89. The predicted octanol–water partition coefficient (Wildman–Crippen LogP) is 1.90. The summed E-state index contributed by atoms with van der Waals surface area (Å²) in [4.78, 5) is 20.7. The van der Waals surface area contributed by atoms with Gasteiger partial charge in [0.15, 0.2) is 0 Å². The van der Waals surface area contributed by atoms with Crippen LogP contribution in [0.5, 0.6) is 0 Å². The van der Waals surface area contributed by atoms with Crippen molar-refractivity contribution in [1.29, 1.82) is 0 Å². The van der Waals surface area contributed by atoms with E-state index in [1.807, 2.05) is 13.8 Å². The van der Waals surface area contributed by atoms with Gasteiger partial charge < -0.3 is 19.8 Å². The van der Waals surface area contributed by atoms with E-state index < -0.39 is 11.9 Å². The van der Waals surface area contributed by atoms with Gasteiger partial charge in [0.2, 0.25) is 0 Å². The van der Waals surface area contributed by atoms with Crippen LogP contribution in [0.1, 0.15) is 79.1 Å². The van der Waals surface area contributed by atoms with E-state index in [2.05, 4.69) is 13.8 Å². The summed E-state index contributed by atoms with van der Waals surface area (Å²) in [5, 5.41) is 20.7. The van der Waals surface area contributed by atoms with Crippen molar-refractivity contribution in [3.8, 4) is 0 Å². The molecule has 0 spiro atoms. The molecular weight excluding hydrogens is 437 g/mol. The van der Waals surface area contributed by atoms with Crippen LogP contribution in [0.15, 0.2) is 0 Å². The Bertz CT molecular complexity index is 231. The van der Waals surface area contributed by atoms with Crippen LogP contribution in [0.2, 0.25) is 0 Å². The Balaban J connectivity index is -0.000000295. The molecule has 0 aromatic carbocycles. The number of carbonyl (C=O) groups is 2. The number of carbonyl (C=O) groups excluding carboxylic acids is 2. The van der Waals surface area contributed by atoms with Crippen LogP contribution in [0.25, 0.3) is 0 Å². The maximum Gasteiger partial charge on any atom is 2.00 e. The molecule has 0 rings (SSSR count). The molecule has 0 aliphatic heterocycles. The van der Waals surface area contributed by atoms with E-state index in [0.717, 1.165) is 38.5 Å². The van der Waals surface area contributed by atoms with Crippen molar-refractivity contribution in [3.63, 3.8) is 0 Å². The molecular formula is C16H30O4Ta. The van der Waals surface area contributed by atoms with E-state index in [1.165, 1.54) is 0 Å². The fourth-order valence-electron chi connectivity index (χ4n) is 1.88. The number of carboxylic acids is 2. The molecule has 2 unspecified atom stereocenters. The molecule has 0 saturated carbocycles. The number of rotatable bonds is 10. The zero-order valence-corrected chi connectivity index (χ0v) is 17.1. The van der Waals surface area contributed by atoms with Crippen LogP contribution in [0.4, 0.5) is 0 Å². The van der Waals surface area contributed by atoms with Gasteiger partial charge in [0.25, 0.3) is 0 Å². The third kappa shape index (κ3) is 15.9. The first-order valence-electron chi connectivity index (χ1n) is 7.86. The smallest absolute Gasteiger partial charge is 0.550 e. The van der Waals surface area contributed by atoms with Gasteiger partial charge in [-0.25, -0.2) is 0 Å². The molecule has 21 heavy (non-hydrogen) atoms. The third-order valence-electron chi connectivity index (χ3n) is 3.46. The normalized spacial score (nSPS) is 12.4. The number of hydrogen-bond donors (Lipinski definition) is 0. The topological polar surface area (TPSA) is 80.3 Å². The molecule has 0 N–H and O–H groups in total. The standard InChI is InChI=1S/2C8H16O2.Ta/c2*1-3-5-6-7(4-2)8(9)10;/h2*7H,3-6H2,1-2H3,(H,9,10);/q;;+2/p-2. The summed E-state index contributed by atoms with van der Waals surface area (Å²) in [6.07, 6.45) is 7.04. The molecule has 0 bridgehead atoms. The van der Waals surface area contributed by atoms with Crippen LogP contribution >= 0.6 is 0 Å². The minimum absolute atomic E-state index is 0. The molecule has 0 heterocycles. The summed E-state index contributed by atoms with van der Waals surface area (Å²) in [5.74, 6) is -2.23. The fourth-order valence-corrected chi connectivity index (χ4v) is 1.88. The molecule has 123 valence electrons. The van der Waals surface area contributed by atoms with E-state index in [0.29, 0.717) is 12.8 Å². The van der Waals surface area contributed by atoms with Crippen LogP contribution in [-0.4, -0.2) is 11.9 Å². The van der Waals surface area contributed by atoms with Crippen LogP contribution in [0, 0.1) is 11.8 Å². The minimum atomic E-state index is -0.893. The number of unbranched alkanes of at least 4 members (excludes halogenated alkanes) is 2. The molecule has 1 radical (unpaired) electrons. The summed E-state index contributed by atoms with van der Waals surface area (Å²) < 4.78 is 0. The Morgan fingerprint density at radius 1 is 0.762 bits per heavy atom. The van der Waals surface area contributed by atoms with Crippen molar-refractivity contribution < 1.29 is 42.2 Å². The maximum atomic E-state index is 10.3. The summed E-state index contributed by atoms with van der Waals surface area (Å²) >= 11 is 0. The van der Waals surface area contributed by atoms with E-state index in [4.69, 9.17) is 0 Å². The second-order valence-corrected chi connectivity index (χ2v) is 5.13. The van der Waals surface area contributed by atoms with Crippen molar-refractivity contribution in [1.82, 2.24) is 0 Å². The van der Waals surface area contributed by atoms with Gasteiger partial charge in [-0.2, -0.15) is 0 Å². The van der Waals surface area contributed by atoms with Gasteiger partial charge in [-0.15, -0.1) is 0 Å². The van der Waals surface area contributed by atoms with Gasteiger partial charge in [-0.3, -0.25) is 0 Å². The maximum absolute atomic E-state index is 10.3. The first kappa shape index (κ1) is 25.6. The molecule has 0 amide bonds. The number of hydrogen-bond acceptors (Lipinski definition) is 4. The Morgan fingerprint density at radius 2 is 1.05 bits per heavy atom. The van der Waals surface area contributed by atoms with Gasteiger partial charge in [-0.05, 0) is 37.5 Å². The third-order valence-corrected chi connectivity index (χ3v) is 3.46. The van der Waals surface area contributed by atoms with E-state index in [1.54, 1.807) is 0 Å². The van der Waals surface area contributed by atoms with Gasteiger partial charge >= 0.3 is 22.4 Å². The Labute approximate surface area is 145 Å². The average molecular weight is 467 g/mol. The molecule has 0 saturated heterocycles. The average Bonchev–Trinajstić information content (AvgIpc) is 2.40. The Morgan fingerprint density at radius 3 is 1.19 bits per heavy atom. The molecule has 2 atom stereocenters. The molecule has 0 fully saturated rings. The molecule has 0 aromatic rings. The minimum Gasteiger partial charge on any atom is -0.550 e. The molecule has 5 heteroatoms. The second-order valence-electron chi connectivity index (χ2n) is 5.13. The zero-order chi connectivity index (χ0) is 16.0. The molecule has 0 aromatic heterocycles. The second kappa shape index (κ2) is 17.7. The van der Waals surface area contributed by atoms with Gasteiger partial charge in [-0.1, -0.05) is 53.4 Å². The fraction of sp³-hybridized carbons (Fsp3) is 0.875. The van der Waals surface area contributed by atoms with E-state index in [9.17, 15) is 19.8 Å². The van der Waals surface area contributed by atoms with Gasteiger partial charge in [0, 0.05) is 11.9 Å². The van der Waals surface area contributed by atoms with Crippen molar-refractivity contribution in [2.45, 2.75) is 79.1 Å². The van der Waals surface area contributed by atoms with Crippen molar-refractivity contribution in [2.75, 3.05) is 0 Å². The van der Waals surface area contributed by atoms with Gasteiger partial charge in [0.05, 0.1) is 0 Å². The first-order valence-corrected chi connectivity index (χ1v) is 7.86. The van der Waals surface area contributed by atoms with E-state index in [-0.39, 0.29) is 34.2 Å². The quantitative estimate of drug-likeness (QED) is 0.492. The number of carboxylic acid groups (broad SMARTS) is 2. The Hall–Kier alpha value is -0.320. The summed E-state index contributed by atoms with van der Waals surface area (Å²) in [5.41, 5.74) is 0. The van der Waals surface area contributed by atoms with E-state index >= 15 is 0 Å².